The zero-order valence-electron chi connectivity index (χ0n) is 21.1. The third-order valence-electron chi connectivity index (χ3n) is 6.94. The second-order valence-corrected chi connectivity index (χ2v) is 10.6. The lowest BCUT2D eigenvalue weighted by Crippen LogP contribution is -2.30. The molecule has 32 heavy (non-hydrogen) atoms. The summed E-state index contributed by atoms with van der Waals surface area (Å²) < 4.78 is 11.9. The van der Waals surface area contributed by atoms with E-state index in [4.69, 9.17) is 9.47 Å². The van der Waals surface area contributed by atoms with E-state index in [1.165, 1.54) is 59.9 Å². The van der Waals surface area contributed by atoms with Crippen LogP contribution >= 0.6 is 0 Å². The SMILES string of the molecule is C=C1CCc2c(C)c([C@H](OC(C)(C)C)C(=O)OCC)c(/C=C/C3CCCCC3)c(C)c2C1. The number of hydrogen-bond donors (Lipinski definition) is 0. The topological polar surface area (TPSA) is 35.5 Å². The van der Waals surface area contributed by atoms with Gasteiger partial charge in [-0.25, -0.2) is 4.79 Å². The fraction of sp³-hybridized carbons (Fsp3) is 0.621. The molecule has 3 heteroatoms. The molecule has 1 saturated carbocycles. The van der Waals surface area contributed by atoms with Crippen LogP contribution in [0.1, 0.15) is 106 Å². The molecule has 3 nitrogen and oxygen atoms in total. The van der Waals surface area contributed by atoms with E-state index < -0.39 is 11.7 Å². The summed E-state index contributed by atoms with van der Waals surface area (Å²) in [5.41, 5.74) is 8.17. The van der Waals surface area contributed by atoms with Crippen LogP contribution in [-0.4, -0.2) is 18.2 Å². The van der Waals surface area contributed by atoms with E-state index in [1.807, 2.05) is 27.7 Å². The van der Waals surface area contributed by atoms with Crippen molar-refractivity contribution >= 4 is 12.0 Å². The van der Waals surface area contributed by atoms with E-state index in [-0.39, 0.29) is 5.97 Å². The molecule has 3 rings (SSSR count). The standard InChI is InChI=1S/C29H42O3/c1-8-31-28(30)27(32-29(5,6)7)26-21(4)23-16-14-19(2)18-25(23)20(3)24(26)17-15-22-12-10-9-11-13-22/h15,17,22,27H,2,8-14,16,18H2,1,3-7H3/b17-15+/t27-/m0/s1. The van der Waals surface area contributed by atoms with E-state index >= 15 is 0 Å². The summed E-state index contributed by atoms with van der Waals surface area (Å²) in [6, 6.07) is 0. The third kappa shape index (κ3) is 5.73. The Morgan fingerprint density at radius 2 is 1.78 bits per heavy atom. The first-order valence-electron chi connectivity index (χ1n) is 12.5. The van der Waals surface area contributed by atoms with Crippen molar-refractivity contribution in [2.75, 3.05) is 6.61 Å². The Labute approximate surface area is 195 Å². The first-order valence-corrected chi connectivity index (χ1v) is 12.5. The molecule has 0 amide bonds. The van der Waals surface area contributed by atoms with Crippen molar-refractivity contribution in [2.45, 2.75) is 105 Å². The molecule has 1 atom stereocenters. The summed E-state index contributed by atoms with van der Waals surface area (Å²) in [5, 5.41) is 0. The van der Waals surface area contributed by atoms with Crippen molar-refractivity contribution in [3.63, 3.8) is 0 Å². The number of ether oxygens (including phenoxy) is 2. The largest absolute Gasteiger partial charge is 0.464 e. The average molecular weight is 439 g/mol. The fourth-order valence-corrected chi connectivity index (χ4v) is 5.31. The van der Waals surface area contributed by atoms with Gasteiger partial charge in [-0.15, -0.1) is 0 Å². The minimum Gasteiger partial charge on any atom is -0.464 e. The number of rotatable bonds is 6. The van der Waals surface area contributed by atoms with E-state index in [0.29, 0.717) is 12.5 Å². The maximum absolute atomic E-state index is 13.2. The maximum atomic E-state index is 13.2. The monoisotopic (exact) mass is 438 g/mol. The van der Waals surface area contributed by atoms with E-state index in [0.717, 1.165) is 30.4 Å². The van der Waals surface area contributed by atoms with Crippen LogP contribution in [0.5, 0.6) is 0 Å². The molecule has 0 heterocycles. The van der Waals surface area contributed by atoms with Gasteiger partial charge in [0.15, 0.2) is 6.10 Å². The molecular weight excluding hydrogens is 396 g/mol. The van der Waals surface area contributed by atoms with Gasteiger partial charge in [0, 0.05) is 5.56 Å². The Morgan fingerprint density at radius 1 is 1.09 bits per heavy atom. The molecule has 176 valence electrons. The van der Waals surface area contributed by atoms with E-state index in [1.54, 1.807) is 0 Å². The normalized spacial score (nSPS) is 18.6. The lowest BCUT2D eigenvalue weighted by Gasteiger charge is -2.32. The number of benzene rings is 1. The fourth-order valence-electron chi connectivity index (χ4n) is 5.31. The van der Waals surface area contributed by atoms with Crippen LogP contribution in [-0.2, 0) is 27.1 Å². The molecule has 0 unspecified atom stereocenters. The van der Waals surface area contributed by atoms with Gasteiger partial charge in [-0.2, -0.15) is 0 Å². The summed E-state index contributed by atoms with van der Waals surface area (Å²) in [6.45, 7) is 16.9. The van der Waals surface area contributed by atoms with Gasteiger partial charge in [-0.3, -0.25) is 0 Å². The predicted molar refractivity (Wildman–Crippen MR) is 133 cm³/mol. The Morgan fingerprint density at radius 3 is 2.41 bits per heavy atom. The van der Waals surface area contributed by atoms with E-state index in [9.17, 15) is 4.79 Å². The molecule has 0 aliphatic heterocycles. The summed E-state index contributed by atoms with van der Waals surface area (Å²) in [5.74, 6) is 0.323. The van der Waals surface area contributed by atoms with Gasteiger partial charge in [0.1, 0.15) is 0 Å². The molecule has 0 N–H and O–H groups in total. The summed E-state index contributed by atoms with van der Waals surface area (Å²) in [7, 11) is 0. The van der Waals surface area contributed by atoms with Crippen LogP contribution in [0, 0.1) is 19.8 Å². The van der Waals surface area contributed by atoms with Gasteiger partial charge >= 0.3 is 5.97 Å². The zero-order valence-corrected chi connectivity index (χ0v) is 21.1. The van der Waals surface area contributed by atoms with Crippen LogP contribution in [0.3, 0.4) is 0 Å². The summed E-state index contributed by atoms with van der Waals surface area (Å²) in [4.78, 5) is 13.2. The van der Waals surface area contributed by atoms with Crippen LogP contribution in [0.25, 0.3) is 6.08 Å². The minimum atomic E-state index is -0.727. The third-order valence-corrected chi connectivity index (χ3v) is 6.94. The van der Waals surface area contributed by atoms with Gasteiger partial charge in [0.2, 0.25) is 0 Å². The number of esters is 1. The second kappa shape index (κ2) is 10.4. The summed E-state index contributed by atoms with van der Waals surface area (Å²) in [6.07, 6.45) is 13.3. The Kier molecular flexibility index (Phi) is 8.03. The van der Waals surface area contributed by atoms with Gasteiger partial charge in [-0.05, 0) is 107 Å². The molecule has 0 spiro atoms. The number of carbonyl (C=O) groups excluding carboxylic acids is 1. The highest BCUT2D eigenvalue weighted by molar-refractivity contribution is 5.81. The Balaban J connectivity index is 2.18. The molecule has 0 radical (unpaired) electrons. The molecule has 2 aliphatic rings. The quantitative estimate of drug-likeness (QED) is 0.344. The van der Waals surface area contributed by atoms with Crippen LogP contribution in [0.4, 0.5) is 0 Å². The lowest BCUT2D eigenvalue weighted by molar-refractivity contribution is -0.166. The number of allylic oxidation sites excluding steroid dienone is 2. The first kappa shape index (κ1) is 24.8. The van der Waals surface area contributed by atoms with Crippen molar-refractivity contribution in [1.82, 2.24) is 0 Å². The van der Waals surface area contributed by atoms with Gasteiger partial charge in [-0.1, -0.05) is 43.6 Å². The van der Waals surface area contributed by atoms with Crippen molar-refractivity contribution in [3.05, 3.63) is 51.6 Å². The smallest absolute Gasteiger partial charge is 0.339 e. The maximum Gasteiger partial charge on any atom is 0.339 e. The van der Waals surface area contributed by atoms with Gasteiger partial charge < -0.3 is 9.47 Å². The highest BCUT2D eigenvalue weighted by atomic mass is 16.6. The summed E-state index contributed by atoms with van der Waals surface area (Å²) >= 11 is 0. The Bertz CT molecular complexity index is 879. The van der Waals surface area contributed by atoms with Gasteiger partial charge in [0.25, 0.3) is 0 Å². The number of hydrogen-bond acceptors (Lipinski definition) is 3. The van der Waals surface area contributed by atoms with Crippen LogP contribution in [0.2, 0.25) is 0 Å². The molecular formula is C29H42O3. The molecule has 1 aromatic carbocycles. The van der Waals surface area contributed by atoms with Crippen LogP contribution in [0.15, 0.2) is 18.2 Å². The molecule has 0 saturated heterocycles. The number of fused-ring (bicyclic) bond motifs is 1. The molecule has 1 fully saturated rings. The zero-order chi connectivity index (χ0) is 23.5. The van der Waals surface area contributed by atoms with Crippen LogP contribution < -0.4 is 0 Å². The molecule has 0 bridgehead atoms. The van der Waals surface area contributed by atoms with Crippen molar-refractivity contribution in [2.24, 2.45) is 5.92 Å². The first-order chi connectivity index (χ1) is 15.1. The lowest BCUT2D eigenvalue weighted by atomic mass is 9.77. The van der Waals surface area contributed by atoms with E-state index in [2.05, 4.69) is 32.6 Å². The molecule has 1 aromatic rings. The molecule has 2 aliphatic carbocycles. The average Bonchev–Trinajstić information content (AvgIpc) is 2.74. The highest BCUT2D eigenvalue weighted by Crippen LogP contribution is 2.40. The van der Waals surface area contributed by atoms with Crippen molar-refractivity contribution < 1.29 is 14.3 Å². The highest BCUT2D eigenvalue weighted by Gasteiger charge is 2.34. The molecule has 0 aromatic heterocycles. The predicted octanol–water partition coefficient (Wildman–Crippen LogP) is 7.36. The minimum absolute atomic E-state index is 0.294. The number of carbonyl (C=O) groups is 1. The Hall–Kier alpha value is -1.87. The second-order valence-electron chi connectivity index (χ2n) is 10.6. The van der Waals surface area contributed by atoms with Crippen molar-refractivity contribution in [1.29, 1.82) is 0 Å². The van der Waals surface area contributed by atoms with Crippen molar-refractivity contribution in [3.8, 4) is 0 Å². The van der Waals surface area contributed by atoms with Gasteiger partial charge in [0.05, 0.1) is 12.2 Å².